The van der Waals surface area contributed by atoms with Gasteiger partial charge in [-0.2, -0.15) is 0 Å². The first-order valence-electron chi connectivity index (χ1n) is 8.91. The highest BCUT2D eigenvalue weighted by atomic mass is 16.4. The molecule has 0 atom stereocenters. The molecule has 2 aromatic carbocycles. The lowest BCUT2D eigenvalue weighted by Gasteiger charge is -2.00. The molecule has 4 rings (SSSR count). The van der Waals surface area contributed by atoms with Crippen molar-refractivity contribution in [3.63, 3.8) is 0 Å². The molecule has 2 heterocycles. The van der Waals surface area contributed by atoms with E-state index in [2.05, 4.69) is 23.8 Å². The molecule has 2 aromatic heterocycles. The number of nitrogens with zero attached hydrogens (tertiary/aromatic N) is 2. The Kier molecular flexibility index (Phi) is 4.18. The van der Waals surface area contributed by atoms with Crippen molar-refractivity contribution in [1.82, 2.24) is 9.97 Å². The second-order valence-electron chi connectivity index (χ2n) is 7.18. The average Bonchev–Trinajstić information content (AvgIpc) is 3.17. The Morgan fingerprint density at radius 1 is 1.11 bits per heavy atom. The van der Waals surface area contributed by atoms with E-state index in [1.54, 1.807) is 18.2 Å². The highest BCUT2D eigenvalue weighted by molar-refractivity contribution is 5.85. The lowest BCUT2D eigenvalue weighted by atomic mass is 10.1. The topological polar surface area (TPSA) is 89.4 Å². The number of hydrogen-bond donors (Lipinski definition) is 1. The Morgan fingerprint density at radius 3 is 2.63 bits per heavy atom. The standard InChI is InChI=1S/C21H20N2O4/c1-11(2)8-18-23-20-12(3)14(5-7-17(20)26-18)21-22-15-9-13(10-19(24)25)4-6-16(15)27-21/h4-7,9,11H,8,10H2,1-3H3,(H,24,25). The van der Waals surface area contributed by atoms with Crippen LogP contribution in [-0.2, 0) is 17.6 Å². The zero-order chi connectivity index (χ0) is 19.1. The van der Waals surface area contributed by atoms with Gasteiger partial charge in [-0.15, -0.1) is 0 Å². The normalized spacial score (nSPS) is 11.7. The number of benzene rings is 2. The molecule has 0 fully saturated rings. The van der Waals surface area contributed by atoms with E-state index in [9.17, 15) is 4.79 Å². The molecular formula is C21H20N2O4. The SMILES string of the molecule is Cc1c(-c2nc3cc(CC(=O)O)ccc3o2)ccc2oc(CC(C)C)nc12. The summed E-state index contributed by atoms with van der Waals surface area (Å²) >= 11 is 0. The van der Waals surface area contributed by atoms with Gasteiger partial charge in [0.1, 0.15) is 11.0 Å². The van der Waals surface area contributed by atoms with Gasteiger partial charge in [-0.05, 0) is 48.2 Å². The number of rotatable bonds is 5. The monoisotopic (exact) mass is 364 g/mol. The van der Waals surface area contributed by atoms with Crippen molar-refractivity contribution < 1.29 is 18.7 Å². The van der Waals surface area contributed by atoms with Crippen LogP contribution in [0.4, 0.5) is 0 Å². The summed E-state index contributed by atoms with van der Waals surface area (Å²) in [5.74, 6) is 0.818. The third kappa shape index (κ3) is 3.30. The average molecular weight is 364 g/mol. The van der Waals surface area contributed by atoms with Gasteiger partial charge in [0.05, 0.1) is 6.42 Å². The quantitative estimate of drug-likeness (QED) is 0.549. The van der Waals surface area contributed by atoms with E-state index in [1.165, 1.54) is 0 Å². The van der Waals surface area contributed by atoms with Gasteiger partial charge in [0.25, 0.3) is 0 Å². The Bertz CT molecular complexity index is 1150. The molecular weight excluding hydrogens is 344 g/mol. The largest absolute Gasteiger partial charge is 0.481 e. The maximum atomic E-state index is 10.9. The molecule has 0 aliphatic carbocycles. The summed E-state index contributed by atoms with van der Waals surface area (Å²) in [5.41, 5.74) is 5.33. The van der Waals surface area contributed by atoms with Gasteiger partial charge < -0.3 is 13.9 Å². The van der Waals surface area contributed by atoms with Gasteiger partial charge in [0.15, 0.2) is 17.1 Å². The Hall–Kier alpha value is -3.15. The van der Waals surface area contributed by atoms with Crippen LogP contribution in [0.5, 0.6) is 0 Å². The molecule has 0 saturated carbocycles. The first kappa shape index (κ1) is 17.3. The number of carboxylic acid groups (broad SMARTS) is 1. The van der Waals surface area contributed by atoms with E-state index >= 15 is 0 Å². The van der Waals surface area contributed by atoms with E-state index in [4.69, 9.17) is 13.9 Å². The van der Waals surface area contributed by atoms with Gasteiger partial charge in [-0.3, -0.25) is 4.79 Å². The zero-order valence-electron chi connectivity index (χ0n) is 15.4. The Labute approximate surface area is 155 Å². The van der Waals surface area contributed by atoms with Crippen LogP contribution >= 0.6 is 0 Å². The van der Waals surface area contributed by atoms with Crippen molar-refractivity contribution in [2.45, 2.75) is 33.6 Å². The molecule has 0 amide bonds. The van der Waals surface area contributed by atoms with Crippen LogP contribution in [0.15, 0.2) is 39.2 Å². The second kappa shape index (κ2) is 6.54. The predicted octanol–water partition coefficient (Wildman–Crippen LogP) is 4.77. The first-order chi connectivity index (χ1) is 12.9. The molecule has 0 spiro atoms. The molecule has 0 bridgehead atoms. The van der Waals surface area contributed by atoms with Crippen molar-refractivity contribution in [1.29, 1.82) is 0 Å². The molecule has 4 aromatic rings. The minimum atomic E-state index is -0.873. The van der Waals surface area contributed by atoms with Crippen LogP contribution in [0.3, 0.4) is 0 Å². The number of aromatic nitrogens is 2. The lowest BCUT2D eigenvalue weighted by molar-refractivity contribution is -0.136. The number of carbonyl (C=O) groups is 1. The maximum Gasteiger partial charge on any atom is 0.307 e. The summed E-state index contributed by atoms with van der Waals surface area (Å²) in [5, 5.41) is 8.96. The minimum Gasteiger partial charge on any atom is -0.481 e. The summed E-state index contributed by atoms with van der Waals surface area (Å²) < 4.78 is 11.7. The molecule has 0 aliphatic heterocycles. The van der Waals surface area contributed by atoms with Gasteiger partial charge in [-0.25, -0.2) is 9.97 Å². The van der Waals surface area contributed by atoms with Crippen LogP contribution in [0.1, 0.15) is 30.9 Å². The van der Waals surface area contributed by atoms with Gasteiger partial charge in [0, 0.05) is 12.0 Å². The van der Waals surface area contributed by atoms with E-state index in [0.29, 0.717) is 28.5 Å². The van der Waals surface area contributed by atoms with Gasteiger partial charge in [-0.1, -0.05) is 19.9 Å². The number of aryl methyl sites for hydroxylation is 1. The van der Waals surface area contributed by atoms with Crippen molar-refractivity contribution >= 4 is 28.2 Å². The van der Waals surface area contributed by atoms with Crippen LogP contribution in [-0.4, -0.2) is 21.0 Å². The number of aliphatic carboxylic acids is 1. The summed E-state index contributed by atoms with van der Waals surface area (Å²) in [6, 6.07) is 9.07. The van der Waals surface area contributed by atoms with Crippen molar-refractivity contribution in [2.24, 2.45) is 5.92 Å². The smallest absolute Gasteiger partial charge is 0.307 e. The molecule has 27 heavy (non-hydrogen) atoms. The summed E-state index contributed by atoms with van der Waals surface area (Å²) in [4.78, 5) is 20.1. The molecule has 0 saturated heterocycles. The van der Waals surface area contributed by atoms with Crippen molar-refractivity contribution in [2.75, 3.05) is 0 Å². The van der Waals surface area contributed by atoms with E-state index in [1.807, 2.05) is 19.1 Å². The fourth-order valence-electron chi connectivity index (χ4n) is 3.21. The summed E-state index contributed by atoms with van der Waals surface area (Å²) in [6.07, 6.45) is 0.749. The highest BCUT2D eigenvalue weighted by Crippen LogP contribution is 2.32. The summed E-state index contributed by atoms with van der Waals surface area (Å²) in [6.45, 7) is 6.23. The third-order valence-electron chi connectivity index (χ3n) is 4.48. The number of carboxylic acids is 1. The molecule has 6 heteroatoms. The fraction of sp³-hybridized carbons (Fsp3) is 0.286. The highest BCUT2D eigenvalue weighted by Gasteiger charge is 2.17. The molecule has 138 valence electrons. The number of fused-ring (bicyclic) bond motifs is 2. The van der Waals surface area contributed by atoms with Gasteiger partial charge >= 0.3 is 5.97 Å². The third-order valence-corrected chi connectivity index (χ3v) is 4.48. The molecule has 1 N–H and O–H groups in total. The molecule has 0 radical (unpaired) electrons. The van der Waals surface area contributed by atoms with Crippen LogP contribution in [0, 0.1) is 12.8 Å². The van der Waals surface area contributed by atoms with Crippen molar-refractivity contribution in [3.8, 4) is 11.5 Å². The van der Waals surface area contributed by atoms with Crippen LogP contribution < -0.4 is 0 Å². The van der Waals surface area contributed by atoms with E-state index < -0.39 is 5.97 Å². The van der Waals surface area contributed by atoms with Gasteiger partial charge in [0.2, 0.25) is 5.89 Å². The zero-order valence-corrected chi connectivity index (χ0v) is 15.4. The Morgan fingerprint density at radius 2 is 1.89 bits per heavy atom. The molecule has 0 aliphatic rings. The minimum absolute atomic E-state index is 0.0410. The molecule has 0 unspecified atom stereocenters. The first-order valence-corrected chi connectivity index (χ1v) is 8.91. The lowest BCUT2D eigenvalue weighted by Crippen LogP contribution is -1.99. The predicted molar refractivity (Wildman–Crippen MR) is 102 cm³/mol. The maximum absolute atomic E-state index is 10.9. The molecule has 6 nitrogen and oxygen atoms in total. The van der Waals surface area contributed by atoms with E-state index in [-0.39, 0.29) is 6.42 Å². The second-order valence-corrected chi connectivity index (χ2v) is 7.18. The Balaban J connectivity index is 1.76. The van der Waals surface area contributed by atoms with E-state index in [0.717, 1.165) is 34.5 Å². The van der Waals surface area contributed by atoms with Crippen LogP contribution in [0.25, 0.3) is 33.7 Å². The number of hydrogen-bond acceptors (Lipinski definition) is 5. The number of oxazole rings is 2. The fourth-order valence-corrected chi connectivity index (χ4v) is 3.21. The van der Waals surface area contributed by atoms with Crippen LogP contribution in [0.2, 0.25) is 0 Å². The van der Waals surface area contributed by atoms with Crippen molar-refractivity contribution in [3.05, 3.63) is 47.3 Å². The summed E-state index contributed by atoms with van der Waals surface area (Å²) in [7, 11) is 0.